The van der Waals surface area contributed by atoms with Crippen LogP contribution in [0.1, 0.15) is 16.7 Å². The number of hydrogen-bond donors (Lipinski definition) is 0. The van der Waals surface area contributed by atoms with Crippen LogP contribution in [-0.2, 0) is 16.2 Å². The zero-order valence-electron chi connectivity index (χ0n) is 15.1. The molecule has 0 spiro atoms. The number of ether oxygens (including phenoxy) is 1. The van der Waals surface area contributed by atoms with Crippen molar-refractivity contribution in [2.45, 2.75) is 6.61 Å². The van der Waals surface area contributed by atoms with Crippen LogP contribution in [0.4, 0.5) is 4.39 Å². The van der Waals surface area contributed by atoms with Gasteiger partial charge >= 0.3 is 5.97 Å². The van der Waals surface area contributed by atoms with Gasteiger partial charge in [0.2, 0.25) is 0 Å². The predicted molar refractivity (Wildman–Crippen MR) is 109 cm³/mol. The number of nitrogens with zero attached hydrogens (tertiary/aromatic N) is 1. The number of rotatable bonds is 5. The number of hydrogen-bond acceptors (Lipinski definition) is 4. The molecule has 0 saturated heterocycles. The Morgan fingerprint density at radius 1 is 0.966 bits per heavy atom. The maximum absolute atomic E-state index is 12.9. The number of carbonyl (C=O) groups is 1. The van der Waals surface area contributed by atoms with Gasteiger partial charge in [-0.05, 0) is 53.6 Å². The van der Waals surface area contributed by atoms with Gasteiger partial charge in [0.1, 0.15) is 23.9 Å². The maximum atomic E-state index is 12.9. The fourth-order valence-corrected chi connectivity index (χ4v) is 2.93. The molecule has 0 aliphatic carbocycles. The lowest BCUT2D eigenvalue weighted by molar-refractivity contribution is -0.136. The second-order valence-electron chi connectivity index (χ2n) is 6.37. The highest BCUT2D eigenvalue weighted by atomic mass is 35.5. The van der Waals surface area contributed by atoms with E-state index in [1.807, 2.05) is 12.1 Å². The van der Waals surface area contributed by atoms with Crippen LogP contribution in [0.2, 0.25) is 5.02 Å². The molecule has 1 aliphatic heterocycles. The Balaban J connectivity index is 1.48. The Bertz CT molecular complexity index is 1090. The molecule has 3 aromatic carbocycles. The Morgan fingerprint density at radius 2 is 1.66 bits per heavy atom. The molecule has 3 aromatic rings. The summed E-state index contributed by atoms with van der Waals surface area (Å²) in [6.45, 7) is 0.334. The molecule has 0 bridgehead atoms. The predicted octanol–water partition coefficient (Wildman–Crippen LogP) is 5.40. The van der Waals surface area contributed by atoms with E-state index >= 15 is 0 Å². The van der Waals surface area contributed by atoms with Crippen LogP contribution in [0, 0.1) is 5.82 Å². The maximum Gasteiger partial charge on any atom is 0.368 e. The molecule has 29 heavy (non-hydrogen) atoms. The zero-order chi connectivity index (χ0) is 20.2. The van der Waals surface area contributed by atoms with Crippen LogP contribution in [0.25, 0.3) is 6.08 Å². The second kappa shape index (κ2) is 8.29. The molecule has 6 heteroatoms. The molecule has 4 nitrogen and oxygen atoms in total. The topological polar surface area (TPSA) is 47.9 Å². The zero-order valence-corrected chi connectivity index (χ0v) is 15.9. The first-order valence-corrected chi connectivity index (χ1v) is 9.21. The molecular formula is C23H15ClFNO3. The molecule has 0 saturated carbocycles. The summed E-state index contributed by atoms with van der Waals surface area (Å²) in [5.74, 6) is -0.123. The van der Waals surface area contributed by atoms with Crippen LogP contribution in [0.15, 0.2) is 83.5 Å². The summed E-state index contributed by atoms with van der Waals surface area (Å²) in [5.41, 5.74) is 3.24. The average molecular weight is 408 g/mol. The van der Waals surface area contributed by atoms with Crippen molar-refractivity contribution in [3.63, 3.8) is 0 Å². The summed E-state index contributed by atoms with van der Waals surface area (Å²) in [4.78, 5) is 16.9. The molecular weight excluding hydrogens is 393 g/mol. The third kappa shape index (κ3) is 4.52. The molecule has 144 valence electrons. The minimum atomic E-state index is -0.508. The molecule has 0 aromatic heterocycles. The van der Waals surface area contributed by atoms with Gasteiger partial charge in [-0.1, -0.05) is 53.2 Å². The minimum Gasteiger partial charge on any atom is -0.489 e. The quantitative estimate of drug-likeness (QED) is 0.420. The lowest BCUT2D eigenvalue weighted by Crippen LogP contribution is -2.06. The minimum absolute atomic E-state index is 0.280. The van der Waals surface area contributed by atoms with Crippen LogP contribution >= 0.6 is 11.6 Å². The summed E-state index contributed by atoms with van der Waals surface area (Å²) < 4.78 is 18.7. The van der Waals surface area contributed by atoms with E-state index in [1.165, 1.54) is 12.1 Å². The highest BCUT2D eigenvalue weighted by Crippen LogP contribution is 2.23. The fourth-order valence-electron chi connectivity index (χ4n) is 2.80. The monoisotopic (exact) mass is 407 g/mol. The number of halogens is 2. The van der Waals surface area contributed by atoms with Crippen LogP contribution in [0.5, 0.6) is 5.75 Å². The SMILES string of the molecule is O=C1ON=C(c2ccc(Cl)cc2)C1=Cc1ccc(OCc2ccc(F)cc2)cc1. The standard InChI is InChI=1S/C23H15ClFNO3/c24-18-7-5-17(6-8-18)22-21(23(27)29-26-22)13-15-3-11-20(12-4-15)28-14-16-1-9-19(25)10-2-16/h1-13H,14H2. The van der Waals surface area contributed by atoms with Crippen LogP contribution in [-0.4, -0.2) is 11.7 Å². The van der Waals surface area contributed by atoms with Gasteiger partial charge in [0, 0.05) is 10.6 Å². The van der Waals surface area contributed by atoms with Crippen molar-refractivity contribution in [1.82, 2.24) is 0 Å². The van der Waals surface area contributed by atoms with Crippen molar-refractivity contribution in [3.8, 4) is 5.75 Å². The first kappa shape index (κ1) is 18.9. The van der Waals surface area contributed by atoms with E-state index in [9.17, 15) is 9.18 Å². The molecule has 0 radical (unpaired) electrons. The molecule has 0 fully saturated rings. The van der Waals surface area contributed by atoms with E-state index < -0.39 is 5.97 Å². The summed E-state index contributed by atoms with van der Waals surface area (Å²) in [7, 11) is 0. The molecule has 0 atom stereocenters. The fraction of sp³-hybridized carbons (Fsp3) is 0.0435. The van der Waals surface area contributed by atoms with Gasteiger partial charge in [-0.3, -0.25) is 0 Å². The van der Waals surface area contributed by atoms with Crippen LogP contribution in [0.3, 0.4) is 0 Å². The van der Waals surface area contributed by atoms with Gasteiger partial charge in [0.15, 0.2) is 0 Å². The Labute approximate surface area is 171 Å². The van der Waals surface area contributed by atoms with Crippen molar-refractivity contribution in [2.24, 2.45) is 5.16 Å². The highest BCUT2D eigenvalue weighted by Gasteiger charge is 2.26. The third-order valence-corrected chi connectivity index (χ3v) is 4.57. The smallest absolute Gasteiger partial charge is 0.368 e. The van der Waals surface area contributed by atoms with Gasteiger partial charge in [-0.2, -0.15) is 0 Å². The van der Waals surface area contributed by atoms with Gasteiger partial charge in [-0.25, -0.2) is 9.18 Å². The van der Waals surface area contributed by atoms with Gasteiger partial charge < -0.3 is 9.57 Å². The van der Waals surface area contributed by atoms with Gasteiger partial charge in [-0.15, -0.1) is 0 Å². The summed E-state index contributed by atoms with van der Waals surface area (Å²) in [6.07, 6.45) is 1.71. The van der Waals surface area contributed by atoms with E-state index in [0.717, 1.165) is 16.7 Å². The van der Waals surface area contributed by atoms with Crippen molar-refractivity contribution in [1.29, 1.82) is 0 Å². The molecule has 1 heterocycles. The normalized spacial score (nSPS) is 14.6. The van der Waals surface area contributed by atoms with Crippen molar-refractivity contribution in [2.75, 3.05) is 0 Å². The molecule has 0 unspecified atom stereocenters. The van der Waals surface area contributed by atoms with E-state index in [1.54, 1.807) is 54.6 Å². The van der Waals surface area contributed by atoms with Crippen LogP contribution < -0.4 is 4.74 Å². The largest absolute Gasteiger partial charge is 0.489 e. The van der Waals surface area contributed by atoms with Crippen molar-refractivity contribution >= 4 is 29.4 Å². The van der Waals surface area contributed by atoms with E-state index in [4.69, 9.17) is 21.2 Å². The van der Waals surface area contributed by atoms with Gasteiger partial charge in [0.05, 0.1) is 5.57 Å². The lowest BCUT2D eigenvalue weighted by atomic mass is 10.0. The van der Waals surface area contributed by atoms with E-state index in [2.05, 4.69) is 5.16 Å². The summed E-state index contributed by atoms with van der Waals surface area (Å²) in [5, 5.41) is 4.48. The molecule has 1 aliphatic rings. The first-order valence-electron chi connectivity index (χ1n) is 8.83. The van der Waals surface area contributed by atoms with E-state index in [0.29, 0.717) is 28.7 Å². The molecule has 4 rings (SSSR count). The molecule has 0 N–H and O–H groups in total. The second-order valence-corrected chi connectivity index (χ2v) is 6.80. The highest BCUT2D eigenvalue weighted by molar-refractivity contribution is 6.32. The Morgan fingerprint density at radius 3 is 2.34 bits per heavy atom. The third-order valence-electron chi connectivity index (χ3n) is 4.32. The Kier molecular flexibility index (Phi) is 5.40. The van der Waals surface area contributed by atoms with Gasteiger partial charge in [0.25, 0.3) is 0 Å². The number of carbonyl (C=O) groups excluding carboxylic acids is 1. The number of benzene rings is 3. The van der Waals surface area contributed by atoms with Crippen molar-refractivity contribution in [3.05, 3.63) is 106 Å². The van der Waals surface area contributed by atoms with E-state index in [-0.39, 0.29) is 5.82 Å². The number of oxime groups is 1. The first-order chi connectivity index (χ1) is 14.1. The lowest BCUT2D eigenvalue weighted by Gasteiger charge is -2.07. The summed E-state index contributed by atoms with van der Waals surface area (Å²) in [6, 6.07) is 20.4. The Hall–Kier alpha value is -3.44. The molecule has 0 amide bonds. The average Bonchev–Trinajstić information content (AvgIpc) is 3.09. The van der Waals surface area contributed by atoms with Crippen molar-refractivity contribution < 1.29 is 18.8 Å². The summed E-state index contributed by atoms with van der Waals surface area (Å²) >= 11 is 5.92.